The van der Waals surface area contributed by atoms with Gasteiger partial charge in [0.25, 0.3) is 0 Å². The number of nitrogens with zero attached hydrogens (tertiary/aromatic N) is 2. The second-order valence-electron chi connectivity index (χ2n) is 6.13. The molecule has 3 nitrogen and oxygen atoms in total. The summed E-state index contributed by atoms with van der Waals surface area (Å²) in [6.45, 7) is 3.08. The molecule has 3 rings (SSSR count). The second-order valence-corrected chi connectivity index (χ2v) is 6.54. The molecule has 1 heterocycles. The number of nitriles is 1. The lowest BCUT2D eigenvalue weighted by Gasteiger charge is -2.29. The Labute approximate surface area is 125 Å². The molecule has 20 heavy (non-hydrogen) atoms. The van der Waals surface area contributed by atoms with Gasteiger partial charge in [-0.1, -0.05) is 24.1 Å². The average Bonchev–Trinajstić information content (AvgIpc) is 2.85. The van der Waals surface area contributed by atoms with Crippen LogP contribution in [0.5, 0.6) is 0 Å². The van der Waals surface area contributed by atoms with E-state index in [2.05, 4.69) is 11.0 Å². The predicted octanol–water partition coefficient (Wildman–Crippen LogP) is 2.77. The van der Waals surface area contributed by atoms with Gasteiger partial charge in [0, 0.05) is 30.7 Å². The standard InChI is InChI=1S/C16H20ClN3/c17-15-6-11(7-18)4-5-13(15)9-20-8-12-2-1-3-16(19)14(12)10-20/h4-6,12,14,16H,1-3,8-10,19H2. The van der Waals surface area contributed by atoms with Crippen LogP contribution in [0.15, 0.2) is 18.2 Å². The van der Waals surface area contributed by atoms with Crippen molar-refractivity contribution in [3.63, 3.8) is 0 Å². The maximum atomic E-state index is 8.87. The zero-order valence-electron chi connectivity index (χ0n) is 11.6. The minimum atomic E-state index is 0.371. The molecule has 2 N–H and O–H groups in total. The first kappa shape index (κ1) is 13.9. The maximum absolute atomic E-state index is 8.87. The molecule has 1 saturated heterocycles. The molecule has 2 aliphatic rings. The van der Waals surface area contributed by atoms with Gasteiger partial charge in [-0.05, 0) is 42.4 Å². The molecule has 4 heteroatoms. The first-order valence-electron chi connectivity index (χ1n) is 7.34. The van der Waals surface area contributed by atoms with Gasteiger partial charge in [0.05, 0.1) is 11.6 Å². The van der Waals surface area contributed by atoms with Crippen LogP contribution in [0.1, 0.15) is 30.4 Å². The summed E-state index contributed by atoms with van der Waals surface area (Å²) in [5.41, 5.74) is 7.98. The summed E-state index contributed by atoms with van der Waals surface area (Å²) in [4.78, 5) is 2.47. The number of hydrogen-bond acceptors (Lipinski definition) is 3. The van der Waals surface area contributed by atoms with Crippen molar-refractivity contribution in [2.45, 2.75) is 31.8 Å². The molecule has 0 bridgehead atoms. The van der Waals surface area contributed by atoms with Gasteiger partial charge in [-0.25, -0.2) is 0 Å². The second kappa shape index (κ2) is 5.73. The smallest absolute Gasteiger partial charge is 0.0992 e. The van der Waals surface area contributed by atoms with Gasteiger partial charge in [-0.3, -0.25) is 4.90 Å². The van der Waals surface area contributed by atoms with Crippen molar-refractivity contribution >= 4 is 11.6 Å². The van der Waals surface area contributed by atoms with Gasteiger partial charge in [0.15, 0.2) is 0 Å². The fourth-order valence-corrected chi connectivity index (χ4v) is 3.96. The Morgan fingerprint density at radius 1 is 1.35 bits per heavy atom. The molecule has 0 amide bonds. The van der Waals surface area contributed by atoms with Crippen molar-refractivity contribution < 1.29 is 0 Å². The summed E-state index contributed by atoms with van der Waals surface area (Å²) in [6.07, 6.45) is 3.76. The van der Waals surface area contributed by atoms with Crippen LogP contribution in [-0.2, 0) is 6.54 Å². The van der Waals surface area contributed by atoms with E-state index in [4.69, 9.17) is 22.6 Å². The van der Waals surface area contributed by atoms with E-state index in [0.29, 0.717) is 22.5 Å². The van der Waals surface area contributed by atoms with Crippen LogP contribution in [0.4, 0.5) is 0 Å². The number of fused-ring (bicyclic) bond motifs is 1. The molecule has 1 aromatic rings. The van der Waals surface area contributed by atoms with Crippen molar-refractivity contribution in [3.05, 3.63) is 34.3 Å². The summed E-state index contributed by atoms with van der Waals surface area (Å²) < 4.78 is 0. The number of hydrogen-bond donors (Lipinski definition) is 1. The van der Waals surface area contributed by atoms with Crippen LogP contribution in [0.2, 0.25) is 5.02 Å². The summed E-state index contributed by atoms with van der Waals surface area (Å²) in [7, 11) is 0. The van der Waals surface area contributed by atoms with Crippen molar-refractivity contribution in [2.24, 2.45) is 17.6 Å². The van der Waals surface area contributed by atoms with E-state index in [-0.39, 0.29) is 0 Å². The molecular weight excluding hydrogens is 270 g/mol. The predicted molar refractivity (Wildman–Crippen MR) is 80.3 cm³/mol. The van der Waals surface area contributed by atoms with E-state index in [9.17, 15) is 0 Å². The fraction of sp³-hybridized carbons (Fsp3) is 0.562. The fourth-order valence-electron chi connectivity index (χ4n) is 3.72. The Balaban J connectivity index is 1.69. The molecule has 0 spiro atoms. The molecule has 1 aromatic carbocycles. The largest absolute Gasteiger partial charge is 0.327 e. The Kier molecular flexibility index (Phi) is 3.98. The molecule has 3 unspecified atom stereocenters. The van der Waals surface area contributed by atoms with Crippen molar-refractivity contribution in [2.75, 3.05) is 13.1 Å². The number of halogens is 1. The van der Waals surface area contributed by atoms with E-state index < -0.39 is 0 Å². The summed E-state index contributed by atoms with van der Waals surface area (Å²) in [5.74, 6) is 1.41. The van der Waals surface area contributed by atoms with Crippen LogP contribution in [-0.4, -0.2) is 24.0 Å². The van der Waals surface area contributed by atoms with Gasteiger partial charge in [0.2, 0.25) is 0 Å². The normalized spacial score (nSPS) is 29.9. The molecule has 0 aromatic heterocycles. The van der Waals surface area contributed by atoms with Gasteiger partial charge in [-0.15, -0.1) is 0 Å². The third kappa shape index (κ3) is 2.69. The highest BCUT2D eigenvalue weighted by molar-refractivity contribution is 6.31. The highest BCUT2D eigenvalue weighted by atomic mass is 35.5. The summed E-state index contributed by atoms with van der Waals surface area (Å²) >= 11 is 6.27. The SMILES string of the molecule is N#Cc1ccc(CN2CC3CCCC(N)C3C2)c(Cl)c1. The number of benzene rings is 1. The van der Waals surface area contributed by atoms with E-state index in [1.165, 1.54) is 19.3 Å². The molecule has 1 aliphatic carbocycles. The van der Waals surface area contributed by atoms with E-state index in [1.807, 2.05) is 12.1 Å². The Morgan fingerprint density at radius 2 is 2.20 bits per heavy atom. The minimum Gasteiger partial charge on any atom is -0.327 e. The van der Waals surface area contributed by atoms with Crippen LogP contribution < -0.4 is 5.73 Å². The zero-order chi connectivity index (χ0) is 14.1. The summed E-state index contributed by atoms with van der Waals surface area (Å²) in [5, 5.41) is 9.57. The lowest BCUT2D eigenvalue weighted by atomic mass is 9.78. The lowest BCUT2D eigenvalue weighted by molar-refractivity contribution is 0.259. The van der Waals surface area contributed by atoms with E-state index in [1.54, 1.807) is 6.07 Å². The number of rotatable bonds is 2. The van der Waals surface area contributed by atoms with Crippen molar-refractivity contribution in [1.82, 2.24) is 4.90 Å². The molecule has 106 valence electrons. The zero-order valence-corrected chi connectivity index (χ0v) is 12.3. The van der Waals surface area contributed by atoms with Gasteiger partial charge in [0.1, 0.15) is 0 Å². The maximum Gasteiger partial charge on any atom is 0.0992 e. The van der Waals surface area contributed by atoms with Crippen molar-refractivity contribution in [3.8, 4) is 6.07 Å². The summed E-state index contributed by atoms with van der Waals surface area (Å²) in [6, 6.07) is 8.07. The first-order chi connectivity index (χ1) is 9.67. The van der Waals surface area contributed by atoms with Crippen LogP contribution in [0, 0.1) is 23.2 Å². The lowest BCUT2D eigenvalue weighted by Crippen LogP contribution is -2.38. The van der Waals surface area contributed by atoms with Crippen LogP contribution in [0.3, 0.4) is 0 Å². The molecule has 3 atom stereocenters. The first-order valence-corrected chi connectivity index (χ1v) is 7.71. The van der Waals surface area contributed by atoms with Crippen LogP contribution >= 0.6 is 11.6 Å². The van der Waals surface area contributed by atoms with Crippen LogP contribution in [0.25, 0.3) is 0 Å². The van der Waals surface area contributed by atoms with E-state index in [0.717, 1.165) is 31.1 Å². The molecular formula is C16H20ClN3. The Hall–Kier alpha value is -1.08. The quantitative estimate of drug-likeness (QED) is 0.911. The molecule has 1 saturated carbocycles. The topological polar surface area (TPSA) is 53.0 Å². The minimum absolute atomic E-state index is 0.371. The Morgan fingerprint density at radius 3 is 2.90 bits per heavy atom. The third-order valence-electron chi connectivity index (χ3n) is 4.81. The van der Waals surface area contributed by atoms with Gasteiger partial charge in [-0.2, -0.15) is 5.26 Å². The van der Waals surface area contributed by atoms with Crippen molar-refractivity contribution in [1.29, 1.82) is 5.26 Å². The molecule has 2 fully saturated rings. The molecule has 1 aliphatic heterocycles. The third-order valence-corrected chi connectivity index (χ3v) is 5.16. The van der Waals surface area contributed by atoms with E-state index >= 15 is 0 Å². The van der Waals surface area contributed by atoms with Gasteiger partial charge < -0.3 is 5.73 Å². The average molecular weight is 290 g/mol. The Bertz CT molecular complexity index is 537. The monoisotopic (exact) mass is 289 g/mol. The highest BCUT2D eigenvalue weighted by Crippen LogP contribution is 2.36. The number of nitrogens with two attached hydrogens (primary N) is 1. The van der Waals surface area contributed by atoms with Gasteiger partial charge >= 0.3 is 0 Å². The number of likely N-dealkylation sites (tertiary alicyclic amines) is 1. The molecule has 0 radical (unpaired) electrons. The highest BCUT2D eigenvalue weighted by Gasteiger charge is 2.38.